The van der Waals surface area contributed by atoms with E-state index in [1.54, 1.807) is 6.92 Å². The number of rotatable bonds is 5. The maximum Gasteiger partial charge on any atom is 0.125 e. The van der Waals surface area contributed by atoms with Gasteiger partial charge >= 0.3 is 0 Å². The molecule has 186 valence electrons. The highest BCUT2D eigenvalue weighted by Crippen LogP contribution is 2.51. The van der Waals surface area contributed by atoms with Gasteiger partial charge in [0.1, 0.15) is 20.2 Å². The molecule has 0 unspecified atom stereocenters. The van der Waals surface area contributed by atoms with Gasteiger partial charge < -0.3 is 9.11 Å². The minimum atomic E-state index is -4.97. The van der Waals surface area contributed by atoms with Gasteiger partial charge in [0.25, 0.3) is 0 Å². The molecule has 3 fully saturated rings. The van der Waals surface area contributed by atoms with Crippen LogP contribution < -0.4 is 0 Å². The Morgan fingerprint density at radius 2 is 0.788 bits per heavy atom. The summed E-state index contributed by atoms with van der Waals surface area (Å²) >= 11 is 0. The fraction of sp³-hybridized carbons (Fsp3) is 0.760. The standard InChI is InChI=1S/C25H38O6S2/c1-17-21(18-11-5-2-6-12-18)24(32(26,27)28)23(20-15-9-4-10-16-20)25(33(29,30)31)22(17)19-13-7-3-8-14-19/h18-20H,2-16H2,1H3,(H,26,27,28)(H,29,30,31)/p-2. The quantitative estimate of drug-likeness (QED) is 0.466. The van der Waals surface area contributed by atoms with E-state index >= 15 is 0 Å². The minimum absolute atomic E-state index is 0.0615. The van der Waals surface area contributed by atoms with Crippen LogP contribution in [0.5, 0.6) is 0 Å². The molecule has 0 spiro atoms. The van der Waals surface area contributed by atoms with Gasteiger partial charge in [-0.1, -0.05) is 57.8 Å². The number of hydrogen-bond acceptors (Lipinski definition) is 6. The second kappa shape index (κ2) is 9.96. The molecule has 8 heteroatoms. The van der Waals surface area contributed by atoms with Crippen molar-refractivity contribution in [3.8, 4) is 0 Å². The van der Waals surface area contributed by atoms with Crippen molar-refractivity contribution in [2.75, 3.05) is 0 Å². The zero-order chi connectivity index (χ0) is 23.8. The molecular weight excluding hydrogens is 460 g/mol. The predicted molar refractivity (Wildman–Crippen MR) is 125 cm³/mol. The van der Waals surface area contributed by atoms with E-state index < -0.39 is 20.2 Å². The maximum atomic E-state index is 12.8. The topological polar surface area (TPSA) is 114 Å². The Hall–Kier alpha value is -0.960. The van der Waals surface area contributed by atoms with E-state index in [9.17, 15) is 25.9 Å². The van der Waals surface area contributed by atoms with Gasteiger partial charge in [0.05, 0.1) is 9.79 Å². The highest BCUT2D eigenvalue weighted by Gasteiger charge is 2.37. The molecule has 0 heterocycles. The fourth-order valence-electron chi connectivity index (χ4n) is 6.95. The van der Waals surface area contributed by atoms with E-state index in [4.69, 9.17) is 0 Å². The zero-order valence-corrected chi connectivity index (χ0v) is 21.2. The van der Waals surface area contributed by atoms with Crippen LogP contribution in [0.1, 0.15) is 136 Å². The number of hydrogen-bond donors (Lipinski definition) is 0. The van der Waals surface area contributed by atoms with Gasteiger partial charge in [-0.3, -0.25) is 0 Å². The Kier molecular flexibility index (Phi) is 7.59. The molecule has 3 saturated carbocycles. The molecule has 6 nitrogen and oxygen atoms in total. The van der Waals surface area contributed by atoms with Crippen LogP contribution in [0.3, 0.4) is 0 Å². The lowest BCUT2D eigenvalue weighted by atomic mass is 9.73. The first kappa shape index (κ1) is 25.1. The van der Waals surface area contributed by atoms with E-state index in [0.29, 0.717) is 29.5 Å². The molecule has 3 aliphatic rings. The predicted octanol–water partition coefficient (Wildman–Crippen LogP) is 5.95. The Morgan fingerprint density at radius 3 is 1.06 bits per heavy atom. The van der Waals surface area contributed by atoms with Gasteiger partial charge in [-0.25, -0.2) is 16.8 Å². The highest BCUT2D eigenvalue weighted by atomic mass is 32.2. The molecule has 4 rings (SSSR count). The summed E-state index contributed by atoms with van der Waals surface area (Å²) in [6.45, 7) is 1.77. The van der Waals surface area contributed by atoms with Crippen molar-refractivity contribution in [3.05, 3.63) is 22.3 Å². The van der Waals surface area contributed by atoms with Crippen LogP contribution >= 0.6 is 0 Å². The molecule has 0 N–H and O–H groups in total. The van der Waals surface area contributed by atoms with Crippen LogP contribution in [0.25, 0.3) is 0 Å². The first-order valence-electron chi connectivity index (χ1n) is 12.7. The van der Waals surface area contributed by atoms with Crippen molar-refractivity contribution >= 4 is 20.2 Å². The van der Waals surface area contributed by atoms with Crippen LogP contribution in [-0.2, 0) is 20.2 Å². The van der Waals surface area contributed by atoms with Crippen LogP contribution in [-0.4, -0.2) is 25.9 Å². The summed E-state index contributed by atoms with van der Waals surface area (Å²) in [7, 11) is -9.94. The average Bonchev–Trinajstić information content (AvgIpc) is 2.78. The van der Waals surface area contributed by atoms with E-state index in [1.807, 2.05) is 0 Å². The normalized spacial score (nSPS) is 22.5. The molecular formula is C25H36O6S2-2. The fourth-order valence-corrected chi connectivity index (χ4v) is 9.26. The van der Waals surface area contributed by atoms with Gasteiger partial charge in [-0.15, -0.1) is 0 Å². The Labute approximate surface area is 199 Å². The summed E-state index contributed by atoms with van der Waals surface area (Å²) in [5.41, 5.74) is 1.72. The summed E-state index contributed by atoms with van der Waals surface area (Å²) in [5, 5.41) is 0. The lowest BCUT2D eigenvalue weighted by molar-refractivity contribution is 0.396. The van der Waals surface area contributed by atoms with Gasteiger partial charge in [-0.05, 0) is 85.5 Å². The molecule has 0 atom stereocenters. The van der Waals surface area contributed by atoms with Crippen molar-refractivity contribution in [1.29, 1.82) is 0 Å². The molecule has 0 aromatic heterocycles. The monoisotopic (exact) mass is 496 g/mol. The third kappa shape index (κ3) is 5.19. The second-order valence-electron chi connectivity index (χ2n) is 10.4. The lowest BCUT2D eigenvalue weighted by Crippen LogP contribution is -2.25. The molecule has 0 radical (unpaired) electrons. The second-order valence-corrected chi connectivity index (χ2v) is 13.1. The van der Waals surface area contributed by atoms with Crippen molar-refractivity contribution in [1.82, 2.24) is 0 Å². The first-order chi connectivity index (χ1) is 15.6. The smallest absolute Gasteiger partial charge is 0.125 e. The van der Waals surface area contributed by atoms with Crippen LogP contribution in [0.2, 0.25) is 0 Å². The van der Waals surface area contributed by atoms with E-state index in [-0.39, 0.29) is 33.1 Å². The van der Waals surface area contributed by atoms with Gasteiger partial charge in [0.15, 0.2) is 0 Å². The summed E-state index contributed by atoms with van der Waals surface area (Å²) < 4.78 is 77.0. The van der Waals surface area contributed by atoms with Crippen LogP contribution in [0, 0.1) is 6.92 Å². The van der Waals surface area contributed by atoms with Gasteiger partial charge in [0.2, 0.25) is 0 Å². The molecule has 0 aliphatic heterocycles. The van der Waals surface area contributed by atoms with Crippen LogP contribution in [0.15, 0.2) is 9.79 Å². The van der Waals surface area contributed by atoms with Crippen LogP contribution in [0.4, 0.5) is 0 Å². The lowest BCUT2D eigenvalue weighted by Gasteiger charge is -2.38. The Bertz CT molecular complexity index is 997. The summed E-state index contributed by atoms with van der Waals surface area (Å²) in [6.07, 6.45) is 13.1. The molecule has 1 aromatic rings. The molecule has 3 aliphatic carbocycles. The van der Waals surface area contributed by atoms with Crippen molar-refractivity contribution < 1.29 is 25.9 Å². The maximum absolute atomic E-state index is 12.8. The first-order valence-corrected chi connectivity index (χ1v) is 15.5. The molecule has 33 heavy (non-hydrogen) atoms. The van der Waals surface area contributed by atoms with E-state index in [0.717, 1.165) is 83.5 Å². The van der Waals surface area contributed by atoms with E-state index in [1.165, 1.54) is 0 Å². The van der Waals surface area contributed by atoms with Crippen molar-refractivity contribution in [2.45, 2.75) is 131 Å². The Balaban J connectivity index is 2.12. The average molecular weight is 497 g/mol. The highest BCUT2D eigenvalue weighted by molar-refractivity contribution is 7.86. The third-order valence-electron chi connectivity index (χ3n) is 8.33. The van der Waals surface area contributed by atoms with Crippen molar-refractivity contribution in [3.63, 3.8) is 0 Å². The zero-order valence-electron chi connectivity index (χ0n) is 19.6. The summed E-state index contributed by atoms with van der Waals surface area (Å²) in [5.74, 6) is -0.530. The SMILES string of the molecule is Cc1c(C2CCCCC2)c(S(=O)(=O)[O-])c(C2CCCCC2)c(S(=O)(=O)[O-])c1C1CCCCC1. The van der Waals surface area contributed by atoms with Crippen molar-refractivity contribution in [2.24, 2.45) is 0 Å². The van der Waals surface area contributed by atoms with Gasteiger partial charge in [0, 0.05) is 0 Å². The summed E-state index contributed by atoms with van der Waals surface area (Å²) in [6, 6.07) is 0. The largest absolute Gasteiger partial charge is 0.744 e. The Morgan fingerprint density at radius 1 is 0.515 bits per heavy atom. The van der Waals surface area contributed by atoms with Gasteiger partial charge in [-0.2, -0.15) is 0 Å². The summed E-state index contributed by atoms with van der Waals surface area (Å²) in [4.78, 5) is -0.708. The molecule has 0 bridgehead atoms. The number of benzene rings is 1. The molecule has 0 saturated heterocycles. The minimum Gasteiger partial charge on any atom is -0.744 e. The van der Waals surface area contributed by atoms with E-state index in [2.05, 4.69) is 0 Å². The molecule has 0 amide bonds. The third-order valence-corrected chi connectivity index (χ3v) is 10.2. The molecule has 1 aromatic carbocycles.